The van der Waals surface area contributed by atoms with Gasteiger partial charge < -0.3 is 0 Å². The fraction of sp³-hybridized carbons (Fsp3) is 0.174. The molecule has 0 spiro atoms. The van der Waals surface area contributed by atoms with Gasteiger partial charge in [-0.15, -0.1) is 11.3 Å². The highest BCUT2D eigenvalue weighted by atomic mass is 32.1. The Bertz CT molecular complexity index is 938. The summed E-state index contributed by atoms with van der Waals surface area (Å²) in [6, 6.07) is 28.1. The lowest BCUT2D eigenvalue weighted by Gasteiger charge is -2.13. The predicted molar refractivity (Wildman–Crippen MR) is 107 cm³/mol. The number of benzene rings is 3. The smallest absolute Gasteiger partial charge is 0.0941 e. The predicted octanol–water partition coefficient (Wildman–Crippen LogP) is 6.23. The molecule has 0 saturated heterocycles. The lowest BCUT2D eigenvalue weighted by atomic mass is 9.91. The van der Waals surface area contributed by atoms with Crippen LogP contribution in [0.4, 0.5) is 0 Å². The number of aryl methyl sites for hydroxylation is 2. The highest BCUT2D eigenvalue weighted by Gasteiger charge is 2.09. The van der Waals surface area contributed by atoms with Crippen molar-refractivity contribution < 1.29 is 0 Å². The summed E-state index contributed by atoms with van der Waals surface area (Å²) in [6.07, 6.45) is 2.04. The molecule has 0 aliphatic rings. The summed E-state index contributed by atoms with van der Waals surface area (Å²) in [7, 11) is 0. The molecule has 0 fully saturated rings. The lowest BCUT2D eigenvalue weighted by Crippen LogP contribution is -1.98. The van der Waals surface area contributed by atoms with Crippen LogP contribution in [0.5, 0.6) is 0 Å². The SMILES string of the molecule is CC(c1ccccc1)c1cccc(CCc2nc3ccccc3s2)c1. The van der Waals surface area contributed by atoms with Crippen LogP contribution in [0.15, 0.2) is 78.9 Å². The molecule has 1 unspecified atom stereocenters. The van der Waals surface area contributed by atoms with Gasteiger partial charge in [-0.05, 0) is 35.2 Å². The quantitative estimate of drug-likeness (QED) is 0.418. The highest BCUT2D eigenvalue weighted by molar-refractivity contribution is 7.18. The van der Waals surface area contributed by atoms with Crippen LogP contribution >= 0.6 is 11.3 Å². The van der Waals surface area contributed by atoms with Gasteiger partial charge in [0.2, 0.25) is 0 Å². The molecule has 1 aromatic heterocycles. The van der Waals surface area contributed by atoms with Crippen molar-refractivity contribution in [1.82, 2.24) is 4.98 Å². The van der Waals surface area contributed by atoms with Crippen LogP contribution in [0.2, 0.25) is 0 Å². The van der Waals surface area contributed by atoms with Gasteiger partial charge in [-0.3, -0.25) is 0 Å². The number of hydrogen-bond donors (Lipinski definition) is 0. The van der Waals surface area contributed by atoms with E-state index in [0.29, 0.717) is 5.92 Å². The van der Waals surface area contributed by atoms with Gasteiger partial charge in [0.1, 0.15) is 0 Å². The molecule has 4 rings (SSSR count). The molecule has 0 amide bonds. The summed E-state index contributed by atoms with van der Waals surface area (Å²) in [5.74, 6) is 0.420. The van der Waals surface area contributed by atoms with Gasteiger partial charge in [0, 0.05) is 12.3 Å². The van der Waals surface area contributed by atoms with E-state index in [0.717, 1.165) is 18.4 Å². The van der Waals surface area contributed by atoms with Gasteiger partial charge in [-0.25, -0.2) is 4.98 Å². The molecular weight excluding hydrogens is 322 g/mol. The first-order valence-corrected chi connectivity index (χ1v) is 9.59. The zero-order valence-corrected chi connectivity index (χ0v) is 15.2. The van der Waals surface area contributed by atoms with Crippen LogP contribution in [0, 0.1) is 0 Å². The molecule has 2 heteroatoms. The first-order chi connectivity index (χ1) is 12.3. The van der Waals surface area contributed by atoms with E-state index in [-0.39, 0.29) is 0 Å². The third kappa shape index (κ3) is 3.64. The van der Waals surface area contributed by atoms with E-state index >= 15 is 0 Å². The molecule has 1 atom stereocenters. The summed E-state index contributed by atoms with van der Waals surface area (Å²) >= 11 is 1.81. The molecule has 1 nitrogen and oxygen atoms in total. The van der Waals surface area contributed by atoms with Crippen LogP contribution in [0.25, 0.3) is 10.2 Å². The van der Waals surface area contributed by atoms with Gasteiger partial charge >= 0.3 is 0 Å². The number of fused-ring (bicyclic) bond motifs is 1. The Balaban J connectivity index is 1.49. The molecule has 3 aromatic carbocycles. The molecule has 124 valence electrons. The van der Waals surface area contributed by atoms with Gasteiger partial charge in [0.25, 0.3) is 0 Å². The normalized spacial score (nSPS) is 12.4. The molecule has 0 aliphatic carbocycles. The number of para-hydroxylation sites is 1. The van der Waals surface area contributed by atoms with E-state index in [1.54, 1.807) is 0 Å². The van der Waals surface area contributed by atoms with Gasteiger partial charge in [-0.2, -0.15) is 0 Å². The van der Waals surface area contributed by atoms with Crippen molar-refractivity contribution in [2.75, 3.05) is 0 Å². The van der Waals surface area contributed by atoms with Crippen LogP contribution in [0.3, 0.4) is 0 Å². The fourth-order valence-corrected chi connectivity index (χ4v) is 4.20. The monoisotopic (exact) mass is 343 g/mol. The van der Waals surface area contributed by atoms with Gasteiger partial charge in [0.15, 0.2) is 0 Å². The second-order valence-electron chi connectivity index (χ2n) is 6.45. The van der Waals surface area contributed by atoms with Crippen molar-refractivity contribution in [3.63, 3.8) is 0 Å². The molecule has 0 saturated carbocycles. The number of hydrogen-bond acceptors (Lipinski definition) is 2. The Morgan fingerprint density at radius 1 is 0.800 bits per heavy atom. The Hall–Kier alpha value is -2.45. The van der Waals surface area contributed by atoms with E-state index < -0.39 is 0 Å². The molecule has 0 N–H and O–H groups in total. The standard InChI is InChI=1S/C23H21NS/c1-17(19-9-3-2-4-10-19)20-11-7-8-18(16-20)14-15-23-24-21-12-5-6-13-22(21)25-23/h2-13,16-17H,14-15H2,1H3. The van der Waals surface area contributed by atoms with E-state index in [4.69, 9.17) is 4.98 Å². The molecule has 0 bridgehead atoms. The summed E-state index contributed by atoms with van der Waals surface area (Å²) in [4.78, 5) is 4.75. The van der Waals surface area contributed by atoms with E-state index in [1.807, 2.05) is 11.3 Å². The maximum atomic E-state index is 4.75. The molecule has 0 aliphatic heterocycles. The second kappa shape index (κ2) is 7.20. The molecule has 0 radical (unpaired) electrons. The van der Waals surface area contributed by atoms with Gasteiger partial charge in [-0.1, -0.05) is 73.7 Å². The Kier molecular flexibility index (Phi) is 4.62. The first kappa shape index (κ1) is 16.0. The van der Waals surface area contributed by atoms with Crippen molar-refractivity contribution in [2.45, 2.75) is 25.7 Å². The number of thiazole rings is 1. The summed E-state index contributed by atoms with van der Waals surface area (Å²) in [5, 5.41) is 1.22. The first-order valence-electron chi connectivity index (χ1n) is 8.78. The van der Waals surface area contributed by atoms with Crippen LogP contribution in [0.1, 0.15) is 34.5 Å². The summed E-state index contributed by atoms with van der Waals surface area (Å²) in [5.41, 5.74) is 5.26. The third-order valence-corrected chi connectivity index (χ3v) is 5.81. The average Bonchev–Trinajstić information content (AvgIpc) is 3.10. The zero-order valence-electron chi connectivity index (χ0n) is 14.4. The number of nitrogens with zero attached hydrogens (tertiary/aromatic N) is 1. The topological polar surface area (TPSA) is 12.9 Å². The van der Waals surface area contributed by atoms with E-state index in [9.17, 15) is 0 Å². The molecule has 4 aromatic rings. The number of rotatable bonds is 5. The lowest BCUT2D eigenvalue weighted by molar-refractivity contribution is 0.902. The van der Waals surface area contributed by atoms with Crippen molar-refractivity contribution in [3.05, 3.63) is 101 Å². The largest absolute Gasteiger partial charge is 0.241 e. The minimum absolute atomic E-state index is 0.420. The summed E-state index contributed by atoms with van der Waals surface area (Å²) < 4.78 is 1.28. The molecule has 1 heterocycles. The minimum atomic E-state index is 0.420. The number of aromatic nitrogens is 1. The Morgan fingerprint density at radius 2 is 1.56 bits per heavy atom. The minimum Gasteiger partial charge on any atom is -0.241 e. The highest BCUT2D eigenvalue weighted by Crippen LogP contribution is 2.26. The molecule has 25 heavy (non-hydrogen) atoms. The van der Waals surface area contributed by atoms with E-state index in [1.165, 1.54) is 26.4 Å². The van der Waals surface area contributed by atoms with Crippen LogP contribution in [-0.2, 0) is 12.8 Å². The van der Waals surface area contributed by atoms with Crippen molar-refractivity contribution in [2.24, 2.45) is 0 Å². The van der Waals surface area contributed by atoms with Crippen molar-refractivity contribution >= 4 is 21.6 Å². The third-order valence-electron chi connectivity index (χ3n) is 4.72. The fourth-order valence-electron chi connectivity index (χ4n) is 3.23. The maximum Gasteiger partial charge on any atom is 0.0941 e. The van der Waals surface area contributed by atoms with Crippen molar-refractivity contribution in [3.8, 4) is 0 Å². The van der Waals surface area contributed by atoms with Crippen LogP contribution < -0.4 is 0 Å². The second-order valence-corrected chi connectivity index (χ2v) is 7.57. The summed E-state index contributed by atoms with van der Waals surface area (Å²) in [6.45, 7) is 2.28. The van der Waals surface area contributed by atoms with Crippen molar-refractivity contribution in [1.29, 1.82) is 0 Å². The van der Waals surface area contributed by atoms with Crippen LogP contribution in [-0.4, -0.2) is 4.98 Å². The molecular formula is C23H21NS. The Morgan fingerprint density at radius 3 is 2.40 bits per heavy atom. The van der Waals surface area contributed by atoms with E-state index in [2.05, 4.69) is 85.8 Å². The average molecular weight is 343 g/mol. The zero-order chi connectivity index (χ0) is 17.1. The Labute approximate surface area is 153 Å². The van der Waals surface area contributed by atoms with Gasteiger partial charge in [0.05, 0.1) is 15.2 Å². The maximum absolute atomic E-state index is 4.75.